The van der Waals surface area contributed by atoms with E-state index in [2.05, 4.69) is 31.2 Å². The summed E-state index contributed by atoms with van der Waals surface area (Å²) in [5.41, 5.74) is 5.58. The third-order valence-corrected chi connectivity index (χ3v) is 3.76. The molecule has 0 unspecified atom stereocenters. The SMILES string of the molecule is Cc1c(OCc2ccccc2)ccc2c1CCC2. The summed E-state index contributed by atoms with van der Waals surface area (Å²) < 4.78 is 5.95. The summed E-state index contributed by atoms with van der Waals surface area (Å²) in [7, 11) is 0. The molecular weight excluding hydrogens is 220 g/mol. The number of rotatable bonds is 3. The van der Waals surface area contributed by atoms with Crippen LogP contribution in [-0.2, 0) is 19.4 Å². The minimum atomic E-state index is 0.653. The van der Waals surface area contributed by atoms with Crippen LogP contribution in [-0.4, -0.2) is 0 Å². The first-order chi connectivity index (χ1) is 8.84. The van der Waals surface area contributed by atoms with Gasteiger partial charge in [0, 0.05) is 0 Å². The Morgan fingerprint density at radius 2 is 1.83 bits per heavy atom. The standard InChI is InChI=1S/C17H18O/c1-13-16-9-5-8-15(16)10-11-17(13)18-12-14-6-3-2-4-7-14/h2-4,6-7,10-11H,5,8-9,12H2,1H3. The molecule has 0 aliphatic heterocycles. The predicted octanol–water partition coefficient (Wildman–Crippen LogP) is 4.06. The third kappa shape index (κ3) is 2.13. The van der Waals surface area contributed by atoms with Gasteiger partial charge in [0.25, 0.3) is 0 Å². The van der Waals surface area contributed by atoms with Crippen molar-refractivity contribution < 1.29 is 4.74 Å². The Hall–Kier alpha value is -1.76. The van der Waals surface area contributed by atoms with Crippen LogP contribution in [0.4, 0.5) is 0 Å². The van der Waals surface area contributed by atoms with Gasteiger partial charge in [-0.15, -0.1) is 0 Å². The van der Waals surface area contributed by atoms with E-state index in [9.17, 15) is 0 Å². The van der Waals surface area contributed by atoms with Crippen LogP contribution in [0.25, 0.3) is 0 Å². The van der Waals surface area contributed by atoms with Crippen molar-refractivity contribution in [3.05, 3.63) is 64.7 Å². The van der Waals surface area contributed by atoms with Crippen LogP contribution in [0.3, 0.4) is 0 Å². The van der Waals surface area contributed by atoms with Crippen LogP contribution < -0.4 is 4.74 Å². The lowest BCUT2D eigenvalue weighted by Gasteiger charge is -2.12. The van der Waals surface area contributed by atoms with Crippen LogP contribution >= 0.6 is 0 Å². The summed E-state index contributed by atoms with van der Waals surface area (Å²) in [5.74, 6) is 1.04. The van der Waals surface area contributed by atoms with Gasteiger partial charge in [-0.1, -0.05) is 36.4 Å². The maximum atomic E-state index is 5.95. The molecule has 0 saturated heterocycles. The normalized spacial score (nSPS) is 13.4. The molecule has 1 nitrogen and oxygen atoms in total. The Morgan fingerprint density at radius 3 is 2.67 bits per heavy atom. The van der Waals surface area contributed by atoms with Gasteiger partial charge in [0.1, 0.15) is 12.4 Å². The minimum Gasteiger partial charge on any atom is -0.489 e. The number of hydrogen-bond donors (Lipinski definition) is 0. The lowest BCUT2D eigenvalue weighted by Crippen LogP contribution is -1.99. The van der Waals surface area contributed by atoms with Gasteiger partial charge < -0.3 is 4.74 Å². The van der Waals surface area contributed by atoms with Crippen LogP contribution in [0.2, 0.25) is 0 Å². The van der Waals surface area contributed by atoms with Crippen LogP contribution in [0.5, 0.6) is 5.75 Å². The Morgan fingerprint density at radius 1 is 1.00 bits per heavy atom. The molecule has 18 heavy (non-hydrogen) atoms. The molecule has 1 aliphatic carbocycles. The third-order valence-electron chi connectivity index (χ3n) is 3.76. The zero-order chi connectivity index (χ0) is 12.4. The molecule has 1 heteroatoms. The van der Waals surface area contributed by atoms with E-state index in [-0.39, 0.29) is 0 Å². The average Bonchev–Trinajstić information content (AvgIpc) is 2.88. The first-order valence-electron chi connectivity index (χ1n) is 6.62. The van der Waals surface area contributed by atoms with Gasteiger partial charge in [-0.2, -0.15) is 0 Å². The van der Waals surface area contributed by atoms with Crippen molar-refractivity contribution in [3.8, 4) is 5.75 Å². The largest absolute Gasteiger partial charge is 0.489 e. The lowest BCUT2D eigenvalue weighted by atomic mass is 10.0. The van der Waals surface area contributed by atoms with Gasteiger partial charge in [-0.3, -0.25) is 0 Å². The van der Waals surface area contributed by atoms with Gasteiger partial charge in [0.15, 0.2) is 0 Å². The molecule has 0 atom stereocenters. The second-order valence-electron chi connectivity index (χ2n) is 4.95. The molecule has 0 saturated carbocycles. The number of benzene rings is 2. The van der Waals surface area contributed by atoms with Crippen LogP contribution in [0.1, 0.15) is 28.7 Å². The first kappa shape index (κ1) is 11.3. The molecule has 92 valence electrons. The van der Waals surface area contributed by atoms with E-state index >= 15 is 0 Å². The maximum Gasteiger partial charge on any atom is 0.123 e. The van der Waals surface area contributed by atoms with Gasteiger partial charge in [0.05, 0.1) is 0 Å². The molecular formula is C17H18O. The van der Waals surface area contributed by atoms with Crippen molar-refractivity contribution in [2.45, 2.75) is 32.8 Å². The highest BCUT2D eigenvalue weighted by molar-refractivity contribution is 5.46. The number of ether oxygens (including phenoxy) is 1. The van der Waals surface area contributed by atoms with Crippen molar-refractivity contribution >= 4 is 0 Å². The average molecular weight is 238 g/mol. The summed E-state index contributed by atoms with van der Waals surface area (Å²) in [4.78, 5) is 0. The van der Waals surface area contributed by atoms with E-state index in [1.807, 2.05) is 18.2 Å². The molecule has 0 N–H and O–H groups in total. The number of fused-ring (bicyclic) bond motifs is 1. The van der Waals surface area contributed by atoms with Gasteiger partial charge in [-0.25, -0.2) is 0 Å². The van der Waals surface area contributed by atoms with Crippen molar-refractivity contribution in [2.75, 3.05) is 0 Å². The Balaban J connectivity index is 1.78. The van der Waals surface area contributed by atoms with E-state index in [1.165, 1.54) is 41.5 Å². The second-order valence-corrected chi connectivity index (χ2v) is 4.95. The molecule has 2 aromatic rings. The topological polar surface area (TPSA) is 9.23 Å². The molecule has 1 aliphatic rings. The Bertz CT molecular complexity index is 543. The fraction of sp³-hybridized carbons (Fsp3) is 0.294. The van der Waals surface area contributed by atoms with Crippen LogP contribution in [0.15, 0.2) is 42.5 Å². The molecule has 0 spiro atoms. The zero-order valence-corrected chi connectivity index (χ0v) is 10.8. The van der Waals surface area contributed by atoms with Gasteiger partial charge >= 0.3 is 0 Å². The van der Waals surface area contributed by atoms with E-state index in [0.29, 0.717) is 6.61 Å². The van der Waals surface area contributed by atoms with Crippen molar-refractivity contribution in [1.82, 2.24) is 0 Å². The van der Waals surface area contributed by atoms with E-state index in [0.717, 1.165) is 5.75 Å². The predicted molar refractivity (Wildman–Crippen MR) is 74.0 cm³/mol. The van der Waals surface area contributed by atoms with E-state index in [1.54, 1.807) is 0 Å². The molecule has 0 amide bonds. The monoisotopic (exact) mass is 238 g/mol. The van der Waals surface area contributed by atoms with Crippen LogP contribution in [0, 0.1) is 6.92 Å². The van der Waals surface area contributed by atoms with Gasteiger partial charge in [0.2, 0.25) is 0 Å². The van der Waals surface area contributed by atoms with Gasteiger partial charge in [-0.05, 0) is 54.5 Å². The Labute approximate surface area is 108 Å². The molecule has 2 aromatic carbocycles. The summed E-state index contributed by atoms with van der Waals surface area (Å²) in [6.45, 7) is 2.84. The van der Waals surface area contributed by atoms with E-state index < -0.39 is 0 Å². The molecule has 0 radical (unpaired) electrons. The zero-order valence-electron chi connectivity index (χ0n) is 10.8. The molecule has 0 heterocycles. The Kier molecular flexibility index (Phi) is 3.06. The summed E-state index contributed by atoms with van der Waals surface area (Å²) in [6, 6.07) is 14.7. The van der Waals surface area contributed by atoms with Crippen molar-refractivity contribution in [3.63, 3.8) is 0 Å². The highest BCUT2D eigenvalue weighted by atomic mass is 16.5. The summed E-state index contributed by atoms with van der Waals surface area (Å²) >= 11 is 0. The molecule has 0 aromatic heterocycles. The molecule has 0 bridgehead atoms. The maximum absolute atomic E-state index is 5.95. The summed E-state index contributed by atoms with van der Waals surface area (Å²) in [6.07, 6.45) is 3.73. The van der Waals surface area contributed by atoms with E-state index in [4.69, 9.17) is 4.74 Å². The minimum absolute atomic E-state index is 0.653. The van der Waals surface area contributed by atoms with Crippen molar-refractivity contribution in [2.24, 2.45) is 0 Å². The smallest absolute Gasteiger partial charge is 0.123 e. The first-order valence-corrected chi connectivity index (χ1v) is 6.62. The second kappa shape index (κ2) is 4.85. The fourth-order valence-electron chi connectivity index (χ4n) is 2.72. The van der Waals surface area contributed by atoms with Crippen molar-refractivity contribution in [1.29, 1.82) is 0 Å². The molecule has 3 rings (SSSR count). The highest BCUT2D eigenvalue weighted by Gasteiger charge is 2.15. The number of hydrogen-bond acceptors (Lipinski definition) is 1. The molecule has 0 fully saturated rings. The highest BCUT2D eigenvalue weighted by Crippen LogP contribution is 2.31. The fourth-order valence-corrected chi connectivity index (χ4v) is 2.72. The lowest BCUT2D eigenvalue weighted by molar-refractivity contribution is 0.304. The summed E-state index contributed by atoms with van der Waals surface area (Å²) in [5, 5.41) is 0. The quantitative estimate of drug-likeness (QED) is 0.783. The number of aryl methyl sites for hydroxylation is 1.